The lowest BCUT2D eigenvalue weighted by Crippen LogP contribution is -2.06. The molecule has 1 aliphatic rings. The molecule has 0 saturated carbocycles. The molecule has 1 aliphatic heterocycles. The number of ether oxygens (including phenoxy) is 2. The van der Waals surface area contributed by atoms with Crippen LogP contribution in [-0.4, -0.2) is 28.9 Å². The van der Waals surface area contributed by atoms with Gasteiger partial charge in [0.15, 0.2) is 0 Å². The average molecular weight is 436 g/mol. The van der Waals surface area contributed by atoms with Crippen molar-refractivity contribution in [3.05, 3.63) is 70.9 Å². The van der Waals surface area contributed by atoms with Crippen molar-refractivity contribution in [1.82, 2.24) is 4.98 Å². The highest BCUT2D eigenvalue weighted by molar-refractivity contribution is 7.99. The Bertz CT molecular complexity index is 1110. The van der Waals surface area contributed by atoms with Crippen molar-refractivity contribution < 1.29 is 19.4 Å². The SMILES string of the molecule is COc1cc(C)c(-c2cccc(COc3cc4c(cn3)[C@@H](CC(=O)O)CS4)c2)c(C)c1. The first kappa shape index (κ1) is 21.2. The van der Waals surface area contributed by atoms with E-state index in [0.717, 1.165) is 33.1 Å². The van der Waals surface area contributed by atoms with Gasteiger partial charge in [-0.25, -0.2) is 4.98 Å². The van der Waals surface area contributed by atoms with Crippen LogP contribution in [0.2, 0.25) is 0 Å². The van der Waals surface area contributed by atoms with Crippen molar-refractivity contribution in [2.75, 3.05) is 12.9 Å². The highest BCUT2D eigenvalue weighted by Crippen LogP contribution is 2.42. The van der Waals surface area contributed by atoms with E-state index in [0.29, 0.717) is 12.5 Å². The average Bonchev–Trinajstić information content (AvgIpc) is 3.13. The molecular formula is C25H25NO4S. The number of aliphatic carboxylic acids is 1. The smallest absolute Gasteiger partial charge is 0.303 e. The number of hydrogen-bond acceptors (Lipinski definition) is 5. The number of benzene rings is 2. The van der Waals surface area contributed by atoms with Crippen LogP contribution in [0.15, 0.2) is 53.6 Å². The molecule has 0 spiro atoms. The molecule has 0 radical (unpaired) electrons. The van der Waals surface area contributed by atoms with Gasteiger partial charge in [-0.3, -0.25) is 4.79 Å². The molecule has 2 heterocycles. The van der Waals surface area contributed by atoms with Crippen molar-refractivity contribution in [2.45, 2.75) is 37.7 Å². The molecular weight excluding hydrogens is 410 g/mol. The van der Waals surface area contributed by atoms with Gasteiger partial charge in [-0.1, -0.05) is 18.2 Å². The molecule has 0 fully saturated rings. The number of fused-ring (bicyclic) bond motifs is 1. The summed E-state index contributed by atoms with van der Waals surface area (Å²) in [7, 11) is 1.68. The zero-order valence-corrected chi connectivity index (χ0v) is 18.7. The Morgan fingerprint density at radius 2 is 1.97 bits per heavy atom. The molecule has 0 unspecified atom stereocenters. The van der Waals surface area contributed by atoms with E-state index in [-0.39, 0.29) is 12.3 Å². The number of carboxylic acid groups (broad SMARTS) is 1. The minimum atomic E-state index is -0.777. The summed E-state index contributed by atoms with van der Waals surface area (Å²) in [6, 6.07) is 14.4. The summed E-state index contributed by atoms with van der Waals surface area (Å²) >= 11 is 1.67. The Balaban J connectivity index is 1.49. The third-order valence-corrected chi connectivity index (χ3v) is 6.75. The summed E-state index contributed by atoms with van der Waals surface area (Å²) in [5.41, 5.74) is 6.76. The van der Waals surface area contributed by atoms with Gasteiger partial charge in [-0.15, -0.1) is 11.8 Å². The van der Waals surface area contributed by atoms with Crippen LogP contribution in [-0.2, 0) is 11.4 Å². The molecule has 4 rings (SSSR count). The Morgan fingerprint density at radius 3 is 2.68 bits per heavy atom. The molecule has 5 nitrogen and oxygen atoms in total. The molecule has 160 valence electrons. The van der Waals surface area contributed by atoms with E-state index in [1.54, 1.807) is 25.1 Å². The van der Waals surface area contributed by atoms with Gasteiger partial charge in [0, 0.05) is 28.8 Å². The third-order valence-electron chi connectivity index (χ3n) is 5.52. The van der Waals surface area contributed by atoms with Gasteiger partial charge in [-0.05, 0) is 65.4 Å². The highest BCUT2D eigenvalue weighted by Gasteiger charge is 2.26. The summed E-state index contributed by atoms with van der Waals surface area (Å²) in [5, 5.41) is 9.07. The second-order valence-electron chi connectivity index (χ2n) is 7.79. The van der Waals surface area contributed by atoms with E-state index in [1.165, 1.54) is 16.7 Å². The van der Waals surface area contributed by atoms with Crippen LogP contribution in [0.5, 0.6) is 11.6 Å². The maximum atomic E-state index is 11.0. The Morgan fingerprint density at radius 1 is 1.19 bits per heavy atom. The normalized spacial score (nSPS) is 14.9. The summed E-state index contributed by atoms with van der Waals surface area (Å²) < 4.78 is 11.3. The van der Waals surface area contributed by atoms with E-state index in [4.69, 9.17) is 14.6 Å². The second-order valence-corrected chi connectivity index (χ2v) is 8.85. The van der Waals surface area contributed by atoms with E-state index in [2.05, 4.69) is 43.1 Å². The van der Waals surface area contributed by atoms with Crippen molar-refractivity contribution in [3.63, 3.8) is 0 Å². The van der Waals surface area contributed by atoms with Gasteiger partial charge in [0.2, 0.25) is 5.88 Å². The van der Waals surface area contributed by atoms with Gasteiger partial charge in [0.25, 0.3) is 0 Å². The largest absolute Gasteiger partial charge is 0.497 e. The number of methoxy groups -OCH3 is 1. The fourth-order valence-electron chi connectivity index (χ4n) is 4.07. The van der Waals surface area contributed by atoms with Crippen LogP contribution < -0.4 is 9.47 Å². The number of carboxylic acids is 1. The minimum absolute atomic E-state index is 0.0201. The first-order chi connectivity index (χ1) is 14.9. The Hall–Kier alpha value is -2.99. The predicted octanol–water partition coefficient (Wildman–Crippen LogP) is 5.62. The zero-order valence-electron chi connectivity index (χ0n) is 17.8. The third kappa shape index (κ3) is 4.69. The fraction of sp³-hybridized carbons (Fsp3) is 0.280. The molecule has 0 bridgehead atoms. The number of aromatic nitrogens is 1. The quantitative estimate of drug-likeness (QED) is 0.520. The van der Waals surface area contributed by atoms with Gasteiger partial charge < -0.3 is 14.6 Å². The van der Waals surface area contributed by atoms with E-state index >= 15 is 0 Å². The number of pyridine rings is 1. The van der Waals surface area contributed by atoms with Crippen molar-refractivity contribution in [3.8, 4) is 22.8 Å². The van der Waals surface area contributed by atoms with Crippen molar-refractivity contribution in [2.24, 2.45) is 0 Å². The van der Waals surface area contributed by atoms with Crippen LogP contribution in [0, 0.1) is 13.8 Å². The van der Waals surface area contributed by atoms with Gasteiger partial charge in [0.1, 0.15) is 12.4 Å². The first-order valence-corrected chi connectivity index (χ1v) is 11.1. The lowest BCUT2D eigenvalue weighted by molar-refractivity contribution is -0.137. The van der Waals surface area contributed by atoms with Crippen LogP contribution in [0.1, 0.15) is 34.6 Å². The number of rotatable bonds is 7. The summed E-state index contributed by atoms with van der Waals surface area (Å²) in [5.74, 6) is 1.44. The number of nitrogens with zero attached hydrogens (tertiary/aromatic N) is 1. The van der Waals surface area contributed by atoms with E-state index in [9.17, 15) is 4.79 Å². The maximum Gasteiger partial charge on any atom is 0.303 e. The standard InChI is InChI=1S/C25H25NO4S/c1-15-7-20(29-3)8-16(2)25(15)18-6-4-5-17(9-18)13-30-23-11-22-21(12-26-23)19(14-31-22)10-24(27)28/h4-9,11-12,19H,10,13-14H2,1-3H3,(H,27,28)/t19-/m0/s1. The van der Waals surface area contributed by atoms with Crippen molar-refractivity contribution in [1.29, 1.82) is 0 Å². The predicted molar refractivity (Wildman–Crippen MR) is 122 cm³/mol. The van der Waals surface area contributed by atoms with E-state index < -0.39 is 5.97 Å². The minimum Gasteiger partial charge on any atom is -0.497 e. The summed E-state index contributed by atoms with van der Waals surface area (Å²) in [6.45, 7) is 4.60. The molecule has 0 amide bonds. The number of thioether (sulfide) groups is 1. The molecule has 6 heteroatoms. The monoisotopic (exact) mass is 435 g/mol. The lowest BCUT2D eigenvalue weighted by atomic mass is 9.94. The summed E-state index contributed by atoms with van der Waals surface area (Å²) in [4.78, 5) is 16.5. The number of hydrogen-bond donors (Lipinski definition) is 1. The number of carbonyl (C=O) groups is 1. The maximum absolute atomic E-state index is 11.0. The molecule has 2 aromatic carbocycles. The molecule has 1 aromatic heterocycles. The summed E-state index contributed by atoms with van der Waals surface area (Å²) in [6.07, 6.45) is 1.90. The Kier molecular flexibility index (Phi) is 6.18. The number of aryl methyl sites for hydroxylation is 2. The van der Waals surface area contributed by atoms with Gasteiger partial charge in [-0.2, -0.15) is 0 Å². The molecule has 1 N–H and O–H groups in total. The molecule has 0 saturated heterocycles. The zero-order chi connectivity index (χ0) is 22.0. The molecule has 1 atom stereocenters. The van der Waals surface area contributed by atoms with Crippen LogP contribution in [0.4, 0.5) is 0 Å². The van der Waals surface area contributed by atoms with Crippen molar-refractivity contribution >= 4 is 17.7 Å². The van der Waals surface area contributed by atoms with Crippen LogP contribution in [0.25, 0.3) is 11.1 Å². The first-order valence-electron chi connectivity index (χ1n) is 10.2. The molecule has 0 aliphatic carbocycles. The van der Waals surface area contributed by atoms with Crippen LogP contribution >= 0.6 is 11.8 Å². The van der Waals surface area contributed by atoms with Crippen LogP contribution in [0.3, 0.4) is 0 Å². The molecule has 3 aromatic rings. The second kappa shape index (κ2) is 9.02. The fourth-order valence-corrected chi connectivity index (χ4v) is 5.32. The highest BCUT2D eigenvalue weighted by atomic mass is 32.2. The van der Waals surface area contributed by atoms with E-state index in [1.807, 2.05) is 18.2 Å². The lowest BCUT2D eigenvalue weighted by Gasteiger charge is -2.14. The topological polar surface area (TPSA) is 68.7 Å². The van der Waals surface area contributed by atoms with Gasteiger partial charge in [0.05, 0.1) is 13.5 Å². The van der Waals surface area contributed by atoms with Gasteiger partial charge >= 0.3 is 5.97 Å². The Labute approximate surface area is 186 Å². The molecule has 31 heavy (non-hydrogen) atoms.